The van der Waals surface area contributed by atoms with Gasteiger partial charge < -0.3 is 15.0 Å². The van der Waals surface area contributed by atoms with Gasteiger partial charge in [0, 0.05) is 31.2 Å². The number of benzene rings is 1. The van der Waals surface area contributed by atoms with Crippen LogP contribution in [0.3, 0.4) is 0 Å². The third-order valence-corrected chi connectivity index (χ3v) is 5.41. The van der Waals surface area contributed by atoms with Crippen LogP contribution in [-0.2, 0) is 4.74 Å². The van der Waals surface area contributed by atoms with Gasteiger partial charge in [0.05, 0.1) is 17.7 Å². The number of imide groups is 1. The van der Waals surface area contributed by atoms with Crippen molar-refractivity contribution in [2.45, 2.75) is 46.6 Å². The molecule has 8 nitrogen and oxygen atoms in total. The van der Waals surface area contributed by atoms with Crippen molar-refractivity contribution in [3.05, 3.63) is 34.9 Å². The molecule has 4 amide bonds. The second-order valence-corrected chi connectivity index (χ2v) is 9.08. The van der Waals surface area contributed by atoms with Crippen molar-refractivity contribution in [3.63, 3.8) is 0 Å². The van der Waals surface area contributed by atoms with Gasteiger partial charge in [0.25, 0.3) is 17.7 Å². The van der Waals surface area contributed by atoms with Crippen LogP contribution >= 0.6 is 0 Å². The van der Waals surface area contributed by atoms with E-state index in [1.165, 1.54) is 11.0 Å². The molecule has 8 heteroatoms. The SMILES string of the molecule is CC(C)COC(=O)N1CCC(NC(=O)c2ccc3c(c2)C(=O)N(CC(C)C)C3=O)CC1. The number of nitrogens with one attached hydrogen (secondary N) is 1. The Morgan fingerprint density at radius 1 is 1.03 bits per heavy atom. The number of carbonyl (C=O) groups excluding carboxylic acids is 4. The second kappa shape index (κ2) is 9.49. The number of rotatable bonds is 6. The topological polar surface area (TPSA) is 96.0 Å². The number of likely N-dealkylation sites (tertiary alicyclic amines) is 1. The first-order valence-corrected chi connectivity index (χ1v) is 10.9. The fourth-order valence-corrected chi connectivity index (χ4v) is 3.77. The monoisotopic (exact) mass is 429 g/mol. The summed E-state index contributed by atoms with van der Waals surface area (Å²) in [6.45, 7) is 9.64. The van der Waals surface area contributed by atoms with Crippen molar-refractivity contribution in [2.75, 3.05) is 26.2 Å². The summed E-state index contributed by atoms with van der Waals surface area (Å²) in [5, 5.41) is 2.98. The van der Waals surface area contributed by atoms with Crippen LogP contribution in [0.15, 0.2) is 18.2 Å². The van der Waals surface area contributed by atoms with Crippen LogP contribution in [0.1, 0.15) is 71.6 Å². The Balaban J connectivity index is 1.57. The van der Waals surface area contributed by atoms with E-state index in [-0.39, 0.29) is 47.3 Å². The first-order chi connectivity index (χ1) is 14.7. The zero-order valence-corrected chi connectivity index (χ0v) is 18.6. The number of hydrogen-bond acceptors (Lipinski definition) is 5. The number of amides is 4. The summed E-state index contributed by atoms with van der Waals surface area (Å²) in [6, 6.07) is 4.57. The highest BCUT2D eigenvalue weighted by molar-refractivity contribution is 6.22. The lowest BCUT2D eigenvalue weighted by Crippen LogP contribution is -2.46. The molecular formula is C23H31N3O5. The average Bonchev–Trinajstić information content (AvgIpc) is 2.96. The molecule has 1 N–H and O–H groups in total. The molecule has 2 aliphatic rings. The van der Waals surface area contributed by atoms with E-state index < -0.39 is 0 Å². The predicted molar refractivity (Wildman–Crippen MR) is 115 cm³/mol. The highest BCUT2D eigenvalue weighted by atomic mass is 16.6. The van der Waals surface area contributed by atoms with Gasteiger partial charge in [-0.05, 0) is 42.9 Å². The van der Waals surface area contributed by atoms with E-state index in [4.69, 9.17) is 4.74 Å². The molecule has 1 saturated heterocycles. The van der Waals surface area contributed by atoms with E-state index in [0.29, 0.717) is 50.2 Å². The maximum absolute atomic E-state index is 12.7. The molecule has 168 valence electrons. The number of ether oxygens (including phenoxy) is 1. The summed E-state index contributed by atoms with van der Waals surface area (Å²) in [6.07, 6.45) is 0.950. The summed E-state index contributed by atoms with van der Waals surface area (Å²) < 4.78 is 5.26. The average molecular weight is 430 g/mol. The Morgan fingerprint density at radius 2 is 1.68 bits per heavy atom. The van der Waals surface area contributed by atoms with Gasteiger partial charge in [-0.3, -0.25) is 19.3 Å². The summed E-state index contributed by atoms with van der Waals surface area (Å²) in [5.41, 5.74) is 0.974. The molecule has 1 fully saturated rings. The fraction of sp³-hybridized carbons (Fsp3) is 0.565. The van der Waals surface area contributed by atoms with Gasteiger partial charge in [-0.25, -0.2) is 4.79 Å². The largest absolute Gasteiger partial charge is 0.449 e. The lowest BCUT2D eigenvalue weighted by Gasteiger charge is -2.31. The first-order valence-electron chi connectivity index (χ1n) is 10.9. The summed E-state index contributed by atoms with van der Waals surface area (Å²) in [5.74, 6) is -0.494. The highest BCUT2D eigenvalue weighted by Gasteiger charge is 2.36. The Hall–Kier alpha value is -2.90. The predicted octanol–water partition coefficient (Wildman–Crippen LogP) is 2.93. The zero-order chi connectivity index (χ0) is 22.7. The first kappa shape index (κ1) is 22.8. The van der Waals surface area contributed by atoms with Gasteiger partial charge in [0.1, 0.15) is 0 Å². The van der Waals surface area contributed by atoms with E-state index >= 15 is 0 Å². The number of nitrogens with zero attached hydrogens (tertiary/aromatic N) is 2. The standard InChI is InChI=1S/C23H31N3O5/c1-14(2)12-26-21(28)18-6-5-16(11-19(18)22(26)29)20(27)24-17-7-9-25(10-8-17)23(30)31-13-15(3)4/h5-6,11,14-15,17H,7-10,12-13H2,1-4H3,(H,24,27). The van der Waals surface area contributed by atoms with Crippen molar-refractivity contribution in [1.29, 1.82) is 0 Å². The Labute approximate surface area is 182 Å². The quantitative estimate of drug-likeness (QED) is 0.702. The highest BCUT2D eigenvalue weighted by Crippen LogP contribution is 2.25. The van der Waals surface area contributed by atoms with Gasteiger partial charge in [0.2, 0.25) is 0 Å². The molecule has 0 aliphatic carbocycles. The summed E-state index contributed by atoms with van der Waals surface area (Å²) in [4.78, 5) is 52.8. The molecule has 3 rings (SSSR count). The Kier molecular flexibility index (Phi) is 6.97. The summed E-state index contributed by atoms with van der Waals surface area (Å²) >= 11 is 0. The van der Waals surface area contributed by atoms with E-state index in [9.17, 15) is 19.2 Å². The van der Waals surface area contributed by atoms with E-state index in [0.717, 1.165) is 0 Å². The minimum absolute atomic E-state index is 0.0651. The number of piperidine rings is 1. The van der Waals surface area contributed by atoms with Crippen molar-refractivity contribution >= 4 is 23.8 Å². The molecule has 31 heavy (non-hydrogen) atoms. The van der Waals surface area contributed by atoms with Crippen LogP contribution in [0.5, 0.6) is 0 Å². The van der Waals surface area contributed by atoms with Crippen molar-refractivity contribution in [3.8, 4) is 0 Å². The minimum Gasteiger partial charge on any atom is -0.449 e. The van der Waals surface area contributed by atoms with Crippen LogP contribution in [-0.4, -0.2) is 65.9 Å². The molecular weight excluding hydrogens is 398 g/mol. The smallest absolute Gasteiger partial charge is 0.409 e. The van der Waals surface area contributed by atoms with E-state index in [2.05, 4.69) is 5.32 Å². The molecule has 0 aromatic heterocycles. The Bertz CT molecular complexity index is 872. The molecule has 0 saturated carbocycles. The molecule has 0 spiro atoms. The van der Waals surface area contributed by atoms with Crippen molar-refractivity contribution in [2.24, 2.45) is 11.8 Å². The van der Waals surface area contributed by atoms with E-state index in [1.54, 1.807) is 17.0 Å². The van der Waals surface area contributed by atoms with Crippen LogP contribution in [0.4, 0.5) is 4.79 Å². The lowest BCUT2D eigenvalue weighted by atomic mass is 10.0. The maximum atomic E-state index is 12.7. The van der Waals surface area contributed by atoms with Crippen LogP contribution in [0, 0.1) is 11.8 Å². The van der Waals surface area contributed by atoms with Crippen LogP contribution < -0.4 is 5.32 Å². The van der Waals surface area contributed by atoms with E-state index in [1.807, 2.05) is 27.7 Å². The Morgan fingerprint density at radius 3 is 2.29 bits per heavy atom. The van der Waals surface area contributed by atoms with Crippen LogP contribution in [0.2, 0.25) is 0 Å². The van der Waals surface area contributed by atoms with Gasteiger partial charge in [0.15, 0.2) is 0 Å². The molecule has 0 unspecified atom stereocenters. The van der Waals surface area contributed by atoms with Gasteiger partial charge >= 0.3 is 6.09 Å². The van der Waals surface area contributed by atoms with Crippen molar-refractivity contribution < 1.29 is 23.9 Å². The molecule has 1 aromatic carbocycles. The van der Waals surface area contributed by atoms with Gasteiger partial charge in [-0.1, -0.05) is 27.7 Å². The zero-order valence-electron chi connectivity index (χ0n) is 18.6. The molecule has 0 atom stereocenters. The number of hydrogen-bond donors (Lipinski definition) is 1. The number of fused-ring (bicyclic) bond motifs is 1. The third-order valence-electron chi connectivity index (χ3n) is 5.41. The number of carbonyl (C=O) groups is 4. The maximum Gasteiger partial charge on any atom is 0.409 e. The minimum atomic E-state index is -0.350. The second-order valence-electron chi connectivity index (χ2n) is 9.08. The van der Waals surface area contributed by atoms with Gasteiger partial charge in [-0.2, -0.15) is 0 Å². The lowest BCUT2D eigenvalue weighted by molar-refractivity contribution is 0.0635. The third kappa shape index (κ3) is 5.24. The van der Waals surface area contributed by atoms with Crippen LogP contribution in [0.25, 0.3) is 0 Å². The summed E-state index contributed by atoms with van der Waals surface area (Å²) in [7, 11) is 0. The normalized spacial score (nSPS) is 16.8. The van der Waals surface area contributed by atoms with Crippen molar-refractivity contribution in [1.82, 2.24) is 15.1 Å². The molecule has 0 bridgehead atoms. The molecule has 2 aliphatic heterocycles. The molecule has 0 radical (unpaired) electrons. The molecule has 1 aromatic rings. The fourth-order valence-electron chi connectivity index (χ4n) is 3.77. The van der Waals surface area contributed by atoms with Gasteiger partial charge in [-0.15, -0.1) is 0 Å². The molecule has 2 heterocycles.